The van der Waals surface area contributed by atoms with E-state index in [1.54, 1.807) is 12.1 Å². The zero-order valence-corrected chi connectivity index (χ0v) is 7.61. The Bertz CT molecular complexity index is 263. The number of benzene rings is 1. The third-order valence-electron chi connectivity index (χ3n) is 2.06. The molecule has 3 heteroatoms. The molecule has 0 bridgehead atoms. The molecule has 0 saturated carbocycles. The normalized spacial score (nSPS) is 12.8. The van der Waals surface area contributed by atoms with Crippen LogP contribution in [0.3, 0.4) is 0 Å². The summed E-state index contributed by atoms with van der Waals surface area (Å²) in [4.78, 5) is 0. The van der Waals surface area contributed by atoms with Gasteiger partial charge in [-0.1, -0.05) is 18.2 Å². The second-order valence-corrected chi connectivity index (χ2v) is 3.10. The molecule has 0 saturated heterocycles. The zero-order valence-electron chi connectivity index (χ0n) is 7.61. The smallest absolute Gasteiger partial charge is 0.120 e. The van der Waals surface area contributed by atoms with Crippen molar-refractivity contribution in [2.24, 2.45) is 11.5 Å². The average molecular weight is 180 g/mol. The predicted octanol–water partition coefficient (Wildman–Crippen LogP) is 1.13. The van der Waals surface area contributed by atoms with Crippen LogP contribution in [0.1, 0.15) is 24.4 Å². The number of phenolic OH excluding ortho intramolecular Hbond substituents is 1. The first kappa shape index (κ1) is 10.0. The highest BCUT2D eigenvalue weighted by molar-refractivity contribution is 5.34. The quantitative estimate of drug-likeness (QED) is 0.650. The van der Waals surface area contributed by atoms with E-state index in [4.69, 9.17) is 11.5 Å². The van der Waals surface area contributed by atoms with Crippen LogP contribution in [0.25, 0.3) is 0 Å². The fourth-order valence-electron chi connectivity index (χ4n) is 1.29. The zero-order chi connectivity index (χ0) is 9.68. The van der Waals surface area contributed by atoms with Gasteiger partial charge in [0.05, 0.1) is 0 Å². The Labute approximate surface area is 78.4 Å². The molecule has 1 rings (SSSR count). The first-order valence-electron chi connectivity index (χ1n) is 4.49. The van der Waals surface area contributed by atoms with Crippen molar-refractivity contribution < 1.29 is 5.11 Å². The first-order valence-corrected chi connectivity index (χ1v) is 4.49. The number of hydrogen-bond donors (Lipinski definition) is 3. The van der Waals surface area contributed by atoms with E-state index >= 15 is 0 Å². The Hall–Kier alpha value is -1.06. The van der Waals surface area contributed by atoms with Gasteiger partial charge in [-0.3, -0.25) is 0 Å². The molecule has 1 aromatic rings. The molecular formula is C10H16N2O. The van der Waals surface area contributed by atoms with Gasteiger partial charge in [-0.2, -0.15) is 0 Å². The summed E-state index contributed by atoms with van der Waals surface area (Å²) in [6, 6.07) is 7.05. The third kappa shape index (κ3) is 2.72. The van der Waals surface area contributed by atoms with Gasteiger partial charge < -0.3 is 16.6 Å². The maximum absolute atomic E-state index is 9.47. The Morgan fingerprint density at radius 2 is 2.00 bits per heavy atom. The summed E-state index contributed by atoms with van der Waals surface area (Å²) in [5, 5.41) is 9.47. The minimum atomic E-state index is -0.107. The number of phenols is 1. The van der Waals surface area contributed by atoms with Crippen LogP contribution in [-0.4, -0.2) is 11.7 Å². The average Bonchev–Trinajstić information content (AvgIpc) is 2.15. The van der Waals surface area contributed by atoms with E-state index in [0.29, 0.717) is 6.54 Å². The van der Waals surface area contributed by atoms with Crippen LogP contribution >= 0.6 is 0 Å². The van der Waals surface area contributed by atoms with E-state index in [9.17, 15) is 5.11 Å². The molecule has 1 aromatic carbocycles. The lowest BCUT2D eigenvalue weighted by Crippen LogP contribution is -2.12. The van der Waals surface area contributed by atoms with Gasteiger partial charge in [-0.15, -0.1) is 0 Å². The standard InChI is InChI=1S/C10H16N2O/c11-7-3-5-9(12)8-4-1-2-6-10(8)13/h1-2,4,6,9,13H,3,5,7,11-12H2/t9-/m1/s1. The summed E-state index contributed by atoms with van der Waals surface area (Å²) in [5.41, 5.74) is 12.0. The molecule has 0 aliphatic heterocycles. The maximum Gasteiger partial charge on any atom is 0.120 e. The molecule has 0 aliphatic rings. The molecule has 0 aromatic heterocycles. The summed E-state index contributed by atoms with van der Waals surface area (Å²) >= 11 is 0. The summed E-state index contributed by atoms with van der Waals surface area (Å²) in [7, 11) is 0. The van der Waals surface area contributed by atoms with Crippen molar-refractivity contribution in [1.29, 1.82) is 0 Å². The van der Waals surface area contributed by atoms with Crippen LogP contribution < -0.4 is 11.5 Å². The summed E-state index contributed by atoms with van der Waals surface area (Å²) in [5.74, 6) is 0.270. The van der Waals surface area contributed by atoms with Crippen LogP contribution in [-0.2, 0) is 0 Å². The van der Waals surface area contributed by atoms with Crippen molar-refractivity contribution in [2.75, 3.05) is 6.54 Å². The largest absolute Gasteiger partial charge is 0.508 e. The number of para-hydroxylation sites is 1. The maximum atomic E-state index is 9.47. The molecular weight excluding hydrogens is 164 g/mol. The predicted molar refractivity (Wildman–Crippen MR) is 53.3 cm³/mol. The van der Waals surface area contributed by atoms with Gasteiger partial charge in [0, 0.05) is 11.6 Å². The molecule has 0 spiro atoms. The van der Waals surface area contributed by atoms with Crippen LogP contribution in [0.15, 0.2) is 24.3 Å². The van der Waals surface area contributed by atoms with Gasteiger partial charge in [0.15, 0.2) is 0 Å². The first-order chi connectivity index (χ1) is 6.25. The number of hydrogen-bond acceptors (Lipinski definition) is 3. The Morgan fingerprint density at radius 3 is 2.62 bits per heavy atom. The van der Waals surface area contributed by atoms with Crippen molar-refractivity contribution in [3.8, 4) is 5.75 Å². The molecule has 1 atom stereocenters. The SMILES string of the molecule is NCCC[C@@H](N)c1ccccc1O. The summed E-state index contributed by atoms with van der Waals surface area (Å²) in [6.45, 7) is 0.640. The number of nitrogens with two attached hydrogens (primary N) is 2. The van der Waals surface area contributed by atoms with Gasteiger partial charge in [0.1, 0.15) is 5.75 Å². The van der Waals surface area contributed by atoms with Crippen molar-refractivity contribution in [2.45, 2.75) is 18.9 Å². The van der Waals surface area contributed by atoms with Gasteiger partial charge in [0.2, 0.25) is 0 Å². The van der Waals surface area contributed by atoms with E-state index in [0.717, 1.165) is 18.4 Å². The molecule has 0 unspecified atom stereocenters. The highest BCUT2D eigenvalue weighted by atomic mass is 16.3. The number of rotatable bonds is 4. The van der Waals surface area contributed by atoms with Gasteiger partial charge >= 0.3 is 0 Å². The van der Waals surface area contributed by atoms with Crippen molar-refractivity contribution in [3.63, 3.8) is 0 Å². The number of aromatic hydroxyl groups is 1. The Balaban J connectivity index is 2.65. The van der Waals surface area contributed by atoms with E-state index in [-0.39, 0.29) is 11.8 Å². The molecule has 0 heterocycles. The molecule has 72 valence electrons. The lowest BCUT2D eigenvalue weighted by atomic mass is 10.0. The van der Waals surface area contributed by atoms with Crippen LogP contribution in [0.2, 0.25) is 0 Å². The van der Waals surface area contributed by atoms with Crippen molar-refractivity contribution >= 4 is 0 Å². The van der Waals surface area contributed by atoms with E-state index < -0.39 is 0 Å². The minimum absolute atomic E-state index is 0.107. The van der Waals surface area contributed by atoms with Gasteiger partial charge in [-0.05, 0) is 25.5 Å². The van der Waals surface area contributed by atoms with Gasteiger partial charge in [-0.25, -0.2) is 0 Å². The van der Waals surface area contributed by atoms with E-state index in [1.807, 2.05) is 12.1 Å². The molecule has 0 fully saturated rings. The Morgan fingerprint density at radius 1 is 1.31 bits per heavy atom. The molecule has 0 aliphatic carbocycles. The van der Waals surface area contributed by atoms with E-state index in [1.165, 1.54) is 0 Å². The lowest BCUT2D eigenvalue weighted by molar-refractivity contribution is 0.457. The van der Waals surface area contributed by atoms with E-state index in [2.05, 4.69) is 0 Å². The van der Waals surface area contributed by atoms with Crippen molar-refractivity contribution in [3.05, 3.63) is 29.8 Å². The lowest BCUT2D eigenvalue weighted by Gasteiger charge is -2.12. The second kappa shape index (κ2) is 4.84. The Kier molecular flexibility index (Phi) is 3.73. The van der Waals surface area contributed by atoms with Crippen LogP contribution in [0.4, 0.5) is 0 Å². The molecule has 0 amide bonds. The fraction of sp³-hybridized carbons (Fsp3) is 0.400. The van der Waals surface area contributed by atoms with Crippen LogP contribution in [0.5, 0.6) is 5.75 Å². The topological polar surface area (TPSA) is 72.3 Å². The molecule has 3 nitrogen and oxygen atoms in total. The molecule has 0 radical (unpaired) electrons. The third-order valence-corrected chi connectivity index (χ3v) is 2.06. The van der Waals surface area contributed by atoms with Crippen LogP contribution in [0, 0.1) is 0 Å². The second-order valence-electron chi connectivity index (χ2n) is 3.10. The highest BCUT2D eigenvalue weighted by Gasteiger charge is 2.08. The fourth-order valence-corrected chi connectivity index (χ4v) is 1.29. The van der Waals surface area contributed by atoms with Crippen molar-refractivity contribution in [1.82, 2.24) is 0 Å². The summed E-state index contributed by atoms with van der Waals surface area (Å²) < 4.78 is 0. The minimum Gasteiger partial charge on any atom is -0.508 e. The summed E-state index contributed by atoms with van der Waals surface area (Å²) in [6.07, 6.45) is 1.70. The molecule has 5 N–H and O–H groups in total. The molecule has 13 heavy (non-hydrogen) atoms. The monoisotopic (exact) mass is 180 g/mol. The van der Waals surface area contributed by atoms with Gasteiger partial charge in [0.25, 0.3) is 0 Å². The highest BCUT2D eigenvalue weighted by Crippen LogP contribution is 2.24.